The van der Waals surface area contributed by atoms with Crippen molar-refractivity contribution in [3.63, 3.8) is 0 Å². The number of carbonyl (C=O) groups excluding carboxylic acids is 2. The molecule has 0 atom stereocenters. The van der Waals surface area contributed by atoms with Crippen LogP contribution in [0.25, 0.3) is 0 Å². The molecule has 0 radical (unpaired) electrons. The molecule has 0 saturated carbocycles. The van der Waals surface area contributed by atoms with Crippen molar-refractivity contribution in [2.24, 2.45) is 0 Å². The zero-order valence-corrected chi connectivity index (χ0v) is 15.7. The fourth-order valence-electron chi connectivity index (χ4n) is 2.74. The molecule has 5 nitrogen and oxygen atoms in total. The molecule has 7 heteroatoms. The van der Waals surface area contributed by atoms with Gasteiger partial charge in [0.15, 0.2) is 10.4 Å². The number of aryl methyl sites for hydroxylation is 1. The number of hydrogen-bond acceptors (Lipinski definition) is 5. The number of hydrogen-bond donors (Lipinski definition) is 1. The molecule has 1 aliphatic rings. The van der Waals surface area contributed by atoms with Gasteiger partial charge in [0.25, 0.3) is 5.91 Å². The summed E-state index contributed by atoms with van der Waals surface area (Å²) >= 11 is 4.65. The van der Waals surface area contributed by atoms with Crippen LogP contribution in [0.1, 0.15) is 57.5 Å². The molecule has 3 rings (SSSR count). The summed E-state index contributed by atoms with van der Waals surface area (Å²) in [5.74, 6) is -0.530. The van der Waals surface area contributed by atoms with Crippen LogP contribution in [0, 0.1) is 0 Å². The maximum absolute atomic E-state index is 12.5. The van der Waals surface area contributed by atoms with Crippen LogP contribution in [0.3, 0.4) is 0 Å². The van der Waals surface area contributed by atoms with E-state index in [-0.39, 0.29) is 17.6 Å². The van der Waals surface area contributed by atoms with Crippen LogP contribution in [0.15, 0.2) is 21.2 Å². The molecular formula is C17H18BrNO4S. The third kappa shape index (κ3) is 3.57. The lowest BCUT2D eigenvalue weighted by Gasteiger charge is -2.12. The number of ether oxygens (including phenoxy) is 1. The number of carbonyl (C=O) groups is 2. The molecule has 0 fully saturated rings. The van der Waals surface area contributed by atoms with Gasteiger partial charge in [-0.15, -0.1) is 11.3 Å². The minimum atomic E-state index is -0.371. The smallest absolute Gasteiger partial charge is 0.341 e. The Kier molecular flexibility index (Phi) is 5.40. The Balaban J connectivity index is 1.90. The molecule has 1 aliphatic carbocycles. The van der Waals surface area contributed by atoms with E-state index in [1.807, 2.05) is 6.92 Å². The second kappa shape index (κ2) is 7.53. The van der Waals surface area contributed by atoms with Crippen molar-refractivity contribution in [1.82, 2.24) is 0 Å². The summed E-state index contributed by atoms with van der Waals surface area (Å²) in [6, 6.07) is 3.24. The zero-order chi connectivity index (χ0) is 17.1. The van der Waals surface area contributed by atoms with Crippen LogP contribution in [-0.2, 0) is 17.6 Å². The summed E-state index contributed by atoms with van der Waals surface area (Å²) < 4.78 is 11.1. The highest BCUT2D eigenvalue weighted by atomic mass is 79.9. The Morgan fingerprint density at radius 3 is 2.83 bits per heavy atom. The maximum Gasteiger partial charge on any atom is 0.341 e. The first-order valence-electron chi connectivity index (χ1n) is 7.98. The maximum atomic E-state index is 12.5. The second-order valence-electron chi connectivity index (χ2n) is 5.61. The van der Waals surface area contributed by atoms with E-state index in [4.69, 9.17) is 9.15 Å². The molecule has 1 amide bonds. The van der Waals surface area contributed by atoms with E-state index < -0.39 is 0 Å². The van der Waals surface area contributed by atoms with E-state index >= 15 is 0 Å². The van der Waals surface area contributed by atoms with Gasteiger partial charge in [0.05, 0.1) is 12.2 Å². The summed E-state index contributed by atoms with van der Waals surface area (Å²) in [7, 11) is 0. The first-order chi connectivity index (χ1) is 11.6. The van der Waals surface area contributed by atoms with Gasteiger partial charge in [-0.25, -0.2) is 4.79 Å². The largest absolute Gasteiger partial charge is 0.462 e. The summed E-state index contributed by atoms with van der Waals surface area (Å²) in [5, 5.41) is 3.37. The molecule has 0 aromatic carbocycles. The highest BCUT2D eigenvalue weighted by Crippen LogP contribution is 2.38. The molecule has 128 valence electrons. The molecule has 0 aliphatic heterocycles. The van der Waals surface area contributed by atoms with Crippen molar-refractivity contribution in [2.45, 2.75) is 39.0 Å². The number of fused-ring (bicyclic) bond motifs is 1. The molecule has 0 spiro atoms. The van der Waals surface area contributed by atoms with Gasteiger partial charge in [-0.3, -0.25) is 4.79 Å². The predicted octanol–water partition coefficient (Wildman–Crippen LogP) is 4.80. The normalized spacial score (nSPS) is 13.4. The van der Waals surface area contributed by atoms with Gasteiger partial charge in [0.1, 0.15) is 5.00 Å². The lowest BCUT2D eigenvalue weighted by atomic mass is 9.95. The monoisotopic (exact) mass is 411 g/mol. The van der Waals surface area contributed by atoms with Crippen molar-refractivity contribution in [3.05, 3.63) is 38.6 Å². The molecule has 0 bridgehead atoms. The van der Waals surface area contributed by atoms with Gasteiger partial charge in [0, 0.05) is 4.88 Å². The Bertz CT molecular complexity index is 765. The summed E-state index contributed by atoms with van der Waals surface area (Å²) in [6.07, 6.45) is 4.72. The summed E-state index contributed by atoms with van der Waals surface area (Å²) in [6.45, 7) is 2.33. The first-order valence-corrected chi connectivity index (χ1v) is 9.59. The van der Waals surface area contributed by atoms with Crippen molar-refractivity contribution in [2.75, 3.05) is 11.9 Å². The minimum absolute atomic E-state index is 0.195. The van der Waals surface area contributed by atoms with Crippen molar-refractivity contribution in [3.8, 4) is 0 Å². The second-order valence-corrected chi connectivity index (χ2v) is 7.50. The number of thiophene rings is 1. The van der Waals surface area contributed by atoms with Crippen LogP contribution < -0.4 is 5.32 Å². The molecule has 2 heterocycles. The highest BCUT2D eigenvalue weighted by Gasteiger charge is 2.28. The Labute approximate surface area is 152 Å². The van der Waals surface area contributed by atoms with Crippen LogP contribution in [0.4, 0.5) is 5.00 Å². The van der Waals surface area contributed by atoms with Crippen molar-refractivity contribution >= 4 is 44.1 Å². The quantitative estimate of drug-likeness (QED) is 0.717. The molecule has 0 saturated heterocycles. The molecule has 0 unspecified atom stereocenters. The van der Waals surface area contributed by atoms with Crippen LogP contribution in [0.5, 0.6) is 0 Å². The Hall–Kier alpha value is -1.60. The lowest BCUT2D eigenvalue weighted by molar-refractivity contribution is 0.0505. The fraction of sp³-hybridized carbons (Fsp3) is 0.412. The van der Waals surface area contributed by atoms with Gasteiger partial charge >= 0.3 is 5.97 Å². The number of halogens is 1. The SMILES string of the molecule is CCCOC(=O)c1c(NC(=O)c2ccc(Br)o2)sc2c1CCCC2. The molecule has 1 N–H and O–H groups in total. The van der Waals surface area contributed by atoms with E-state index in [9.17, 15) is 9.59 Å². The molecule has 2 aromatic heterocycles. The van der Waals surface area contributed by atoms with Gasteiger partial charge in [-0.2, -0.15) is 0 Å². The van der Waals surface area contributed by atoms with Gasteiger partial charge in [-0.1, -0.05) is 6.92 Å². The number of furan rings is 1. The number of anilines is 1. The van der Waals surface area contributed by atoms with Crippen molar-refractivity contribution in [1.29, 1.82) is 0 Å². The lowest BCUT2D eigenvalue weighted by Crippen LogP contribution is -2.15. The van der Waals surface area contributed by atoms with E-state index in [2.05, 4.69) is 21.2 Å². The standard InChI is InChI=1S/C17H18BrNO4S/c1-2-9-22-17(21)14-10-5-3-4-6-12(10)24-16(14)19-15(20)11-7-8-13(18)23-11/h7-8H,2-6,9H2,1H3,(H,19,20). The third-order valence-corrected chi connectivity index (χ3v) is 5.47. The van der Waals surface area contributed by atoms with Crippen molar-refractivity contribution < 1.29 is 18.7 Å². The zero-order valence-electron chi connectivity index (χ0n) is 13.3. The predicted molar refractivity (Wildman–Crippen MR) is 95.9 cm³/mol. The fourth-order valence-corrected chi connectivity index (χ4v) is 4.32. The van der Waals surface area contributed by atoms with Gasteiger partial charge in [0.2, 0.25) is 0 Å². The van der Waals surface area contributed by atoms with Crippen LogP contribution in [-0.4, -0.2) is 18.5 Å². The van der Waals surface area contributed by atoms with E-state index in [1.54, 1.807) is 12.1 Å². The van der Waals surface area contributed by atoms with Gasteiger partial charge < -0.3 is 14.5 Å². The Morgan fingerprint density at radius 1 is 1.33 bits per heavy atom. The minimum Gasteiger partial charge on any atom is -0.462 e. The summed E-state index contributed by atoms with van der Waals surface area (Å²) in [5.41, 5.74) is 1.55. The molecule has 2 aromatic rings. The number of nitrogens with one attached hydrogen (secondary N) is 1. The number of esters is 1. The Morgan fingerprint density at radius 2 is 2.12 bits per heavy atom. The topological polar surface area (TPSA) is 68.5 Å². The van der Waals surface area contributed by atoms with Crippen LogP contribution in [0.2, 0.25) is 0 Å². The van der Waals surface area contributed by atoms with E-state index in [0.29, 0.717) is 21.8 Å². The highest BCUT2D eigenvalue weighted by molar-refractivity contribution is 9.10. The van der Waals surface area contributed by atoms with E-state index in [1.165, 1.54) is 16.2 Å². The third-order valence-electron chi connectivity index (χ3n) is 3.84. The van der Waals surface area contributed by atoms with Crippen LogP contribution >= 0.6 is 27.3 Å². The molecular weight excluding hydrogens is 394 g/mol. The summed E-state index contributed by atoms with van der Waals surface area (Å²) in [4.78, 5) is 26.0. The molecule has 24 heavy (non-hydrogen) atoms. The first kappa shape index (κ1) is 17.2. The average molecular weight is 412 g/mol. The van der Waals surface area contributed by atoms with E-state index in [0.717, 1.165) is 37.7 Å². The average Bonchev–Trinajstić information content (AvgIpc) is 3.15. The number of amides is 1. The van der Waals surface area contributed by atoms with Gasteiger partial charge in [-0.05, 0) is 65.7 Å². The number of rotatable bonds is 5.